The van der Waals surface area contributed by atoms with Gasteiger partial charge in [0.1, 0.15) is 0 Å². The Morgan fingerprint density at radius 1 is 1.29 bits per heavy atom. The maximum absolute atomic E-state index is 6.32. The van der Waals surface area contributed by atoms with E-state index in [-0.39, 0.29) is 5.54 Å². The Morgan fingerprint density at radius 3 is 2.47 bits per heavy atom. The fraction of sp³-hybridized carbons (Fsp3) is 0.643. The second-order valence-electron chi connectivity index (χ2n) is 5.01. The third kappa shape index (κ3) is 4.44. The van der Waals surface area contributed by atoms with Gasteiger partial charge in [0.15, 0.2) is 0 Å². The number of rotatable bonds is 6. The molecule has 0 unspecified atom stereocenters. The summed E-state index contributed by atoms with van der Waals surface area (Å²) < 4.78 is 0. The zero-order chi connectivity index (χ0) is 12.9. The topological polar surface area (TPSA) is 42.1 Å². The van der Waals surface area contributed by atoms with E-state index in [9.17, 15) is 0 Å². The summed E-state index contributed by atoms with van der Waals surface area (Å²) in [5.41, 5.74) is 8.43. The first-order valence-electron chi connectivity index (χ1n) is 6.39. The van der Waals surface area contributed by atoms with E-state index in [1.54, 1.807) is 0 Å². The van der Waals surface area contributed by atoms with Gasteiger partial charge in [-0.1, -0.05) is 19.9 Å². The SMILES string of the molecule is CCC(N)(CC)CN(C)Cc1cccc(C)n1. The summed E-state index contributed by atoms with van der Waals surface area (Å²) in [6.07, 6.45) is 2.02. The summed E-state index contributed by atoms with van der Waals surface area (Å²) >= 11 is 0. The standard InChI is InChI=1S/C14H25N3/c1-5-14(15,6-2)11-17(4)10-13-9-7-8-12(3)16-13/h7-9H,5-6,10-11,15H2,1-4H3. The minimum absolute atomic E-state index is 0.0709. The van der Waals surface area contributed by atoms with Gasteiger partial charge >= 0.3 is 0 Å². The lowest BCUT2D eigenvalue weighted by Crippen LogP contribution is -2.48. The molecule has 0 spiro atoms. The van der Waals surface area contributed by atoms with Gasteiger partial charge in [-0.25, -0.2) is 0 Å². The molecule has 2 N–H and O–H groups in total. The summed E-state index contributed by atoms with van der Waals surface area (Å²) in [4.78, 5) is 6.77. The summed E-state index contributed by atoms with van der Waals surface area (Å²) in [5, 5.41) is 0. The molecule has 0 saturated carbocycles. The Hall–Kier alpha value is -0.930. The minimum atomic E-state index is -0.0709. The van der Waals surface area contributed by atoms with E-state index >= 15 is 0 Å². The van der Waals surface area contributed by atoms with Crippen molar-refractivity contribution >= 4 is 0 Å². The number of aromatic nitrogens is 1. The molecule has 1 rings (SSSR count). The highest BCUT2D eigenvalue weighted by molar-refractivity contribution is 5.09. The molecule has 0 atom stereocenters. The van der Waals surface area contributed by atoms with Gasteiger partial charge in [0, 0.05) is 24.3 Å². The van der Waals surface area contributed by atoms with Gasteiger partial charge in [-0.15, -0.1) is 0 Å². The highest BCUT2D eigenvalue weighted by atomic mass is 15.1. The van der Waals surface area contributed by atoms with Crippen LogP contribution in [-0.2, 0) is 6.54 Å². The maximum atomic E-state index is 6.32. The molecule has 0 bridgehead atoms. The van der Waals surface area contributed by atoms with Crippen LogP contribution < -0.4 is 5.73 Å². The van der Waals surface area contributed by atoms with Crippen LogP contribution in [-0.4, -0.2) is 29.0 Å². The van der Waals surface area contributed by atoms with Crippen molar-refractivity contribution in [2.24, 2.45) is 5.73 Å². The van der Waals surface area contributed by atoms with Gasteiger partial charge in [0.05, 0.1) is 5.69 Å². The number of hydrogen-bond acceptors (Lipinski definition) is 3. The van der Waals surface area contributed by atoms with Crippen LogP contribution in [0, 0.1) is 6.92 Å². The summed E-state index contributed by atoms with van der Waals surface area (Å²) in [5.74, 6) is 0. The minimum Gasteiger partial charge on any atom is -0.324 e. The van der Waals surface area contributed by atoms with Gasteiger partial charge < -0.3 is 5.73 Å². The van der Waals surface area contributed by atoms with Crippen LogP contribution in [0.3, 0.4) is 0 Å². The van der Waals surface area contributed by atoms with Gasteiger partial charge in [-0.2, -0.15) is 0 Å². The predicted octanol–water partition coefficient (Wildman–Crippen LogP) is 2.34. The Morgan fingerprint density at radius 2 is 1.94 bits per heavy atom. The molecule has 17 heavy (non-hydrogen) atoms. The Bertz CT molecular complexity index is 345. The number of hydrogen-bond donors (Lipinski definition) is 1. The molecule has 0 aliphatic carbocycles. The van der Waals surface area contributed by atoms with E-state index < -0.39 is 0 Å². The van der Waals surface area contributed by atoms with Crippen molar-refractivity contribution in [3.8, 4) is 0 Å². The fourth-order valence-corrected chi connectivity index (χ4v) is 2.03. The first-order valence-corrected chi connectivity index (χ1v) is 6.39. The zero-order valence-corrected chi connectivity index (χ0v) is 11.5. The third-order valence-corrected chi connectivity index (χ3v) is 3.37. The van der Waals surface area contributed by atoms with Crippen LogP contribution in [0.5, 0.6) is 0 Å². The number of nitrogens with zero attached hydrogens (tertiary/aromatic N) is 2. The second kappa shape index (κ2) is 6.12. The average molecular weight is 235 g/mol. The highest BCUT2D eigenvalue weighted by Gasteiger charge is 2.22. The Kier molecular flexibility index (Phi) is 5.09. The van der Waals surface area contributed by atoms with E-state index in [1.807, 2.05) is 13.0 Å². The lowest BCUT2D eigenvalue weighted by molar-refractivity contribution is 0.226. The first-order chi connectivity index (χ1) is 7.99. The van der Waals surface area contributed by atoms with Gasteiger partial charge in [-0.05, 0) is 38.9 Å². The van der Waals surface area contributed by atoms with Crippen LogP contribution in [0.1, 0.15) is 38.1 Å². The lowest BCUT2D eigenvalue weighted by atomic mass is 9.94. The third-order valence-electron chi connectivity index (χ3n) is 3.37. The van der Waals surface area contributed by atoms with Crippen molar-refractivity contribution in [2.75, 3.05) is 13.6 Å². The van der Waals surface area contributed by atoms with E-state index in [4.69, 9.17) is 5.73 Å². The van der Waals surface area contributed by atoms with Gasteiger partial charge in [0.2, 0.25) is 0 Å². The Labute approximate surface area is 105 Å². The van der Waals surface area contributed by atoms with Crippen molar-refractivity contribution in [2.45, 2.75) is 45.7 Å². The largest absolute Gasteiger partial charge is 0.324 e. The van der Waals surface area contributed by atoms with Gasteiger partial charge in [-0.3, -0.25) is 9.88 Å². The molecule has 1 heterocycles. The number of likely N-dealkylation sites (N-methyl/N-ethyl adjacent to an activating group) is 1. The average Bonchev–Trinajstić information content (AvgIpc) is 2.28. The quantitative estimate of drug-likeness (QED) is 0.823. The zero-order valence-electron chi connectivity index (χ0n) is 11.5. The normalized spacial score (nSPS) is 12.1. The van der Waals surface area contributed by atoms with E-state index in [0.717, 1.165) is 37.3 Å². The van der Waals surface area contributed by atoms with Gasteiger partial charge in [0.25, 0.3) is 0 Å². The number of aryl methyl sites for hydroxylation is 1. The molecule has 0 fully saturated rings. The van der Waals surface area contributed by atoms with Crippen LogP contribution in [0.25, 0.3) is 0 Å². The molecule has 0 aliphatic rings. The molecular weight excluding hydrogens is 210 g/mol. The van der Waals surface area contributed by atoms with Crippen molar-refractivity contribution < 1.29 is 0 Å². The summed E-state index contributed by atoms with van der Waals surface area (Å²) in [6, 6.07) is 6.15. The van der Waals surface area contributed by atoms with E-state index in [0.29, 0.717) is 0 Å². The van der Waals surface area contributed by atoms with Crippen LogP contribution in [0.4, 0.5) is 0 Å². The molecule has 1 aromatic rings. The lowest BCUT2D eigenvalue weighted by Gasteiger charge is -2.31. The van der Waals surface area contributed by atoms with Crippen LogP contribution >= 0.6 is 0 Å². The summed E-state index contributed by atoms with van der Waals surface area (Å²) in [6.45, 7) is 8.11. The second-order valence-corrected chi connectivity index (χ2v) is 5.01. The molecule has 0 amide bonds. The fourth-order valence-electron chi connectivity index (χ4n) is 2.03. The molecule has 0 aliphatic heterocycles. The molecule has 3 nitrogen and oxygen atoms in total. The molecule has 0 saturated heterocycles. The smallest absolute Gasteiger partial charge is 0.0547 e. The Balaban J connectivity index is 2.58. The number of nitrogens with two attached hydrogens (primary N) is 1. The first kappa shape index (κ1) is 14.1. The van der Waals surface area contributed by atoms with Crippen LogP contribution in [0.15, 0.2) is 18.2 Å². The van der Waals surface area contributed by atoms with Crippen molar-refractivity contribution in [1.29, 1.82) is 0 Å². The van der Waals surface area contributed by atoms with E-state index in [2.05, 4.69) is 42.9 Å². The van der Waals surface area contributed by atoms with Crippen molar-refractivity contribution in [3.05, 3.63) is 29.6 Å². The number of pyridine rings is 1. The van der Waals surface area contributed by atoms with Crippen molar-refractivity contribution in [1.82, 2.24) is 9.88 Å². The monoisotopic (exact) mass is 235 g/mol. The van der Waals surface area contributed by atoms with Crippen LogP contribution in [0.2, 0.25) is 0 Å². The summed E-state index contributed by atoms with van der Waals surface area (Å²) in [7, 11) is 2.11. The maximum Gasteiger partial charge on any atom is 0.0547 e. The molecule has 96 valence electrons. The molecule has 0 radical (unpaired) electrons. The molecule has 1 aromatic heterocycles. The molecule has 0 aromatic carbocycles. The predicted molar refractivity (Wildman–Crippen MR) is 72.8 cm³/mol. The molecular formula is C14H25N3. The highest BCUT2D eigenvalue weighted by Crippen LogP contribution is 2.13. The molecule has 3 heteroatoms. The van der Waals surface area contributed by atoms with E-state index in [1.165, 1.54) is 0 Å². The van der Waals surface area contributed by atoms with Crippen molar-refractivity contribution in [3.63, 3.8) is 0 Å².